The minimum absolute atomic E-state index is 0.0534. The van der Waals surface area contributed by atoms with Crippen molar-refractivity contribution in [1.82, 2.24) is 0 Å². The molecule has 0 aromatic heterocycles. The van der Waals surface area contributed by atoms with E-state index in [0.717, 1.165) is 0 Å². The van der Waals surface area contributed by atoms with Gasteiger partial charge in [0.1, 0.15) is 5.75 Å². The topological polar surface area (TPSA) is 69.7 Å². The number of rotatable bonds is 2. The monoisotopic (exact) mass is 290 g/mol. The lowest BCUT2D eigenvalue weighted by Gasteiger charge is -2.24. The predicted molar refractivity (Wildman–Crippen MR) is 64.3 cm³/mol. The normalized spacial score (nSPS) is 18.7. The Morgan fingerprint density at radius 1 is 1.50 bits per heavy atom. The Bertz CT molecular complexity index is 581. The maximum atomic E-state index is 11.6. The summed E-state index contributed by atoms with van der Waals surface area (Å²) < 4.78 is 32.6. The molecule has 98 valence electrons. The number of benzene rings is 1. The minimum Gasteiger partial charge on any atom is -0.493 e. The van der Waals surface area contributed by atoms with Gasteiger partial charge in [-0.2, -0.15) is 0 Å². The molecule has 1 aromatic rings. The SMILES string of the molecule is COC(=O)C1CCOc2ccc(S(=O)(=O)Cl)cc21. The fourth-order valence-electron chi connectivity index (χ4n) is 1.91. The van der Waals surface area contributed by atoms with E-state index in [1.807, 2.05) is 0 Å². The second-order valence-corrected chi connectivity index (χ2v) is 6.42. The summed E-state index contributed by atoms with van der Waals surface area (Å²) in [7, 11) is 2.74. The summed E-state index contributed by atoms with van der Waals surface area (Å²) in [5.74, 6) is -0.443. The molecule has 0 saturated heterocycles. The highest BCUT2D eigenvalue weighted by Gasteiger charge is 2.29. The van der Waals surface area contributed by atoms with Crippen molar-refractivity contribution in [3.05, 3.63) is 23.8 Å². The van der Waals surface area contributed by atoms with Crippen LogP contribution in [0.25, 0.3) is 0 Å². The van der Waals surface area contributed by atoms with Gasteiger partial charge in [-0.3, -0.25) is 4.79 Å². The number of fused-ring (bicyclic) bond motifs is 1. The van der Waals surface area contributed by atoms with Crippen LogP contribution in [-0.2, 0) is 18.6 Å². The molecule has 7 heteroatoms. The van der Waals surface area contributed by atoms with Gasteiger partial charge < -0.3 is 9.47 Å². The molecule has 0 fully saturated rings. The average molecular weight is 291 g/mol. The van der Waals surface area contributed by atoms with Crippen molar-refractivity contribution in [2.24, 2.45) is 0 Å². The summed E-state index contributed by atoms with van der Waals surface area (Å²) in [5, 5.41) is 0. The van der Waals surface area contributed by atoms with Crippen LogP contribution >= 0.6 is 10.7 Å². The second-order valence-electron chi connectivity index (χ2n) is 3.85. The van der Waals surface area contributed by atoms with E-state index in [1.54, 1.807) is 0 Å². The van der Waals surface area contributed by atoms with Gasteiger partial charge in [0.05, 0.1) is 24.5 Å². The summed E-state index contributed by atoms with van der Waals surface area (Å²) in [6.07, 6.45) is 0.450. The first kappa shape index (κ1) is 13.2. The van der Waals surface area contributed by atoms with E-state index in [1.165, 1.54) is 25.3 Å². The van der Waals surface area contributed by atoms with Crippen LogP contribution < -0.4 is 4.74 Å². The fourth-order valence-corrected chi connectivity index (χ4v) is 2.70. The Hall–Kier alpha value is -1.27. The van der Waals surface area contributed by atoms with Crippen LogP contribution in [0, 0.1) is 0 Å². The van der Waals surface area contributed by atoms with Gasteiger partial charge in [-0.1, -0.05) is 0 Å². The molecular weight excluding hydrogens is 280 g/mol. The van der Waals surface area contributed by atoms with E-state index in [4.69, 9.17) is 20.2 Å². The lowest BCUT2D eigenvalue weighted by Crippen LogP contribution is -2.22. The molecule has 0 saturated carbocycles. The largest absolute Gasteiger partial charge is 0.493 e. The van der Waals surface area contributed by atoms with E-state index < -0.39 is 20.9 Å². The quantitative estimate of drug-likeness (QED) is 0.612. The second kappa shape index (κ2) is 4.78. The highest BCUT2D eigenvalue weighted by molar-refractivity contribution is 8.13. The molecule has 0 amide bonds. The van der Waals surface area contributed by atoms with Crippen molar-refractivity contribution in [2.75, 3.05) is 13.7 Å². The van der Waals surface area contributed by atoms with E-state index in [0.29, 0.717) is 24.3 Å². The molecule has 0 bridgehead atoms. The standard InChI is InChI=1S/C11H11ClO5S/c1-16-11(13)8-4-5-17-10-3-2-7(6-9(8)10)18(12,14)15/h2-3,6,8H,4-5H2,1H3. The Labute approximate surface area is 109 Å². The number of halogens is 1. The zero-order valence-electron chi connectivity index (χ0n) is 9.55. The summed E-state index contributed by atoms with van der Waals surface area (Å²) >= 11 is 0. The smallest absolute Gasteiger partial charge is 0.313 e. The third-order valence-electron chi connectivity index (χ3n) is 2.79. The van der Waals surface area contributed by atoms with Gasteiger partial charge in [0, 0.05) is 16.2 Å². The van der Waals surface area contributed by atoms with Gasteiger partial charge >= 0.3 is 5.97 Å². The molecule has 18 heavy (non-hydrogen) atoms. The Kier molecular flexibility index (Phi) is 3.49. The van der Waals surface area contributed by atoms with Crippen molar-refractivity contribution in [3.8, 4) is 5.75 Å². The number of methoxy groups -OCH3 is 1. The molecule has 2 rings (SSSR count). The molecule has 0 N–H and O–H groups in total. The molecule has 1 aliphatic heterocycles. The molecule has 1 unspecified atom stereocenters. The zero-order valence-corrected chi connectivity index (χ0v) is 11.1. The lowest BCUT2D eigenvalue weighted by atomic mass is 9.93. The number of hydrogen-bond donors (Lipinski definition) is 0. The van der Waals surface area contributed by atoms with Gasteiger partial charge in [-0.05, 0) is 24.6 Å². The summed E-state index contributed by atoms with van der Waals surface area (Å²) in [4.78, 5) is 11.6. The average Bonchev–Trinajstić information content (AvgIpc) is 2.35. The van der Waals surface area contributed by atoms with Crippen LogP contribution in [0.3, 0.4) is 0 Å². The number of carbonyl (C=O) groups is 1. The molecule has 5 nitrogen and oxygen atoms in total. The number of ether oxygens (including phenoxy) is 2. The summed E-state index contributed by atoms with van der Waals surface area (Å²) in [6.45, 7) is 0.389. The molecule has 1 aliphatic rings. The molecule has 1 aromatic carbocycles. The van der Waals surface area contributed by atoms with Crippen LogP contribution in [0.15, 0.2) is 23.1 Å². The minimum atomic E-state index is -3.83. The number of esters is 1. The molecule has 0 aliphatic carbocycles. The van der Waals surface area contributed by atoms with Gasteiger partial charge in [0.2, 0.25) is 0 Å². The molecule has 1 atom stereocenters. The van der Waals surface area contributed by atoms with Gasteiger partial charge in [-0.25, -0.2) is 8.42 Å². The third-order valence-corrected chi connectivity index (χ3v) is 4.14. The maximum absolute atomic E-state index is 11.6. The first-order valence-electron chi connectivity index (χ1n) is 5.22. The van der Waals surface area contributed by atoms with Gasteiger partial charge in [0.25, 0.3) is 9.05 Å². The zero-order chi connectivity index (χ0) is 13.3. The van der Waals surface area contributed by atoms with Crippen LogP contribution in [-0.4, -0.2) is 28.1 Å². The van der Waals surface area contributed by atoms with Crippen molar-refractivity contribution >= 4 is 25.7 Å². The van der Waals surface area contributed by atoms with Crippen LogP contribution in [0.4, 0.5) is 0 Å². The molecule has 1 heterocycles. The Balaban J connectivity index is 2.51. The molecular formula is C11H11ClO5S. The highest BCUT2D eigenvalue weighted by Crippen LogP contribution is 2.36. The van der Waals surface area contributed by atoms with Crippen molar-refractivity contribution in [1.29, 1.82) is 0 Å². The fraction of sp³-hybridized carbons (Fsp3) is 0.364. The van der Waals surface area contributed by atoms with Crippen molar-refractivity contribution in [3.63, 3.8) is 0 Å². The van der Waals surface area contributed by atoms with E-state index in [2.05, 4.69) is 0 Å². The van der Waals surface area contributed by atoms with Gasteiger partial charge in [0.15, 0.2) is 0 Å². The summed E-state index contributed by atoms with van der Waals surface area (Å²) in [6, 6.07) is 4.21. The molecule has 0 radical (unpaired) electrons. The predicted octanol–water partition coefficient (Wildman–Crippen LogP) is 1.65. The van der Waals surface area contributed by atoms with Crippen LogP contribution in [0.5, 0.6) is 5.75 Å². The van der Waals surface area contributed by atoms with E-state index in [-0.39, 0.29) is 4.90 Å². The highest BCUT2D eigenvalue weighted by atomic mass is 35.7. The van der Waals surface area contributed by atoms with Crippen molar-refractivity contribution in [2.45, 2.75) is 17.2 Å². The van der Waals surface area contributed by atoms with E-state index in [9.17, 15) is 13.2 Å². The first-order valence-corrected chi connectivity index (χ1v) is 7.53. The van der Waals surface area contributed by atoms with Gasteiger partial charge in [-0.15, -0.1) is 0 Å². The lowest BCUT2D eigenvalue weighted by molar-refractivity contribution is -0.143. The third kappa shape index (κ3) is 2.44. The summed E-state index contributed by atoms with van der Waals surface area (Å²) in [5.41, 5.74) is 0.495. The molecule has 0 spiro atoms. The Morgan fingerprint density at radius 2 is 2.22 bits per heavy atom. The number of hydrogen-bond acceptors (Lipinski definition) is 5. The Morgan fingerprint density at radius 3 is 2.83 bits per heavy atom. The number of carbonyl (C=O) groups excluding carboxylic acids is 1. The van der Waals surface area contributed by atoms with E-state index >= 15 is 0 Å². The van der Waals surface area contributed by atoms with Crippen LogP contribution in [0.1, 0.15) is 17.9 Å². The first-order chi connectivity index (χ1) is 8.43. The van der Waals surface area contributed by atoms with Crippen molar-refractivity contribution < 1.29 is 22.7 Å². The van der Waals surface area contributed by atoms with Crippen LogP contribution in [0.2, 0.25) is 0 Å². The maximum Gasteiger partial charge on any atom is 0.313 e.